The Kier molecular flexibility index (Phi) is 24.3. The molecule has 43 heavy (non-hydrogen) atoms. The number of fused-ring (bicyclic) bond motifs is 1. The predicted molar refractivity (Wildman–Crippen MR) is 181 cm³/mol. The minimum absolute atomic E-state index is 0. The molecule has 0 atom stereocenters. The number of benzene rings is 2. The van der Waals surface area contributed by atoms with Crippen LogP contribution in [-0.2, 0) is 23.0 Å². The molecule has 0 aromatic heterocycles. The SMILES string of the molecule is CCCCCCCCCCCCCCc1ccc2c(S(=O)(=O)[O-])cc(CCCCCCCCCCCCCC)cc2c1.[Na+]. The Morgan fingerprint density at radius 3 is 1.23 bits per heavy atom. The predicted octanol–water partition coefficient (Wildman–Crippen LogP) is 9.24. The monoisotopic (exact) mass is 622 g/mol. The van der Waals surface area contributed by atoms with Crippen molar-refractivity contribution in [3.63, 3.8) is 0 Å². The van der Waals surface area contributed by atoms with Crippen LogP contribution in [-0.4, -0.2) is 13.0 Å². The van der Waals surface area contributed by atoms with Gasteiger partial charge >= 0.3 is 29.6 Å². The molecule has 0 fully saturated rings. The van der Waals surface area contributed by atoms with E-state index >= 15 is 0 Å². The molecular formula is C38H63NaO3S. The number of hydrogen-bond donors (Lipinski definition) is 0. The molecule has 0 aliphatic rings. The molecule has 0 amide bonds. The third-order valence-corrected chi connectivity index (χ3v) is 9.82. The summed E-state index contributed by atoms with van der Waals surface area (Å²) in [5.74, 6) is 0. The molecule has 0 heterocycles. The first kappa shape index (κ1) is 40.6. The van der Waals surface area contributed by atoms with Gasteiger partial charge in [-0.3, -0.25) is 0 Å². The van der Waals surface area contributed by atoms with Crippen molar-refractivity contribution in [3.05, 3.63) is 41.5 Å². The van der Waals surface area contributed by atoms with Gasteiger partial charge in [0.05, 0.1) is 4.90 Å². The molecule has 0 aliphatic heterocycles. The number of rotatable bonds is 27. The Balaban J connectivity index is 0.00000924. The van der Waals surface area contributed by atoms with Crippen molar-refractivity contribution in [3.8, 4) is 0 Å². The van der Waals surface area contributed by atoms with Crippen molar-refractivity contribution < 1.29 is 42.5 Å². The summed E-state index contributed by atoms with van der Waals surface area (Å²) in [6.07, 6.45) is 33.5. The second-order valence-electron chi connectivity index (χ2n) is 12.9. The molecule has 0 spiro atoms. The molecule has 5 heteroatoms. The minimum atomic E-state index is -4.51. The Morgan fingerprint density at radius 2 is 0.837 bits per heavy atom. The third kappa shape index (κ3) is 19.0. The van der Waals surface area contributed by atoms with Gasteiger partial charge in [0.15, 0.2) is 0 Å². The first-order chi connectivity index (χ1) is 20.5. The van der Waals surface area contributed by atoms with Gasteiger partial charge in [0.1, 0.15) is 10.1 Å². The van der Waals surface area contributed by atoms with Gasteiger partial charge in [0, 0.05) is 0 Å². The van der Waals surface area contributed by atoms with Crippen LogP contribution in [0.1, 0.15) is 179 Å². The van der Waals surface area contributed by atoms with Crippen molar-refractivity contribution in [1.29, 1.82) is 0 Å². The summed E-state index contributed by atoms with van der Waals surface area (Å²) in [4.78, 5) is -0.0501. The van der Waals surface area contributed by atoms with Crippen LogP contribution in [0.2, 0.25) is 0 Å². The first-order valence-electron chi connectivity index (χ1n) is 18.0. The minimum Gasteiger partial charge on any atom is -0.744 e. The summed E-state index contributed by atoms with van der Waals surface area (Å²) in [6, 6.07) is 9.74. The largest absolute Gasteiger partial charge is 1.00 e. The normalized spacial score (nSPS) is 11.7. The van der Waals surface area contributed by atoms with Gasteiger partial charge in [-0.25, -0.2) is 8.42 Å². The zero-order valence-electron chi connectivity index (χ0n) is 28.4. The first-order valence-corrected chi connectivity index (χ1v) is 19.4. The smallest absolute Gasteiger partial charge is 0.744 e. The fraction of sp³-hybridized carbons (Fsp3) is 0.737. The molecule has 3 nitrogen and oxygen atoms in total. The van der Waals surface area contributed by atoms with E-state index in [0.29, 0.717) is 5.39 Å². The van der Waals surface area contributed by atoms with Gasteiger partial charge in [0.2, 0.25) is 0 Å². The van der Waals surface area contributed by atoms with E-state index in [1.54, 1.807) is 6.07 Å². The maximum atomic E-state index is 12.1. The molecule has 0 aliphatic carbocycles. The van der Waals surface area contributed by atoms with Gasteiger partial charge in [-0.15, -0.1) is 0 Å². The summed E-state index contributed by atoms with van der Waals surface area (Å²) in [5.41, 5.74) is 2.22. The van der Waals surface area contributed by atoms with E-state index in [4.69, 9.17) is 0 Å². The standard InChI is InChI=1S/C38H64O3S.Na/c1-3-5-7-9-11-13-15-17-19-21-23-25-27-34-29-30-37-36(31-34)32-35(33-38(37)42(39,40)41)28-26-24-22-20-18-16-14-12-10-8-6-4-2;/h29-33H,3-28H2,1-2H3,(H,39,40,41);/q;+1/p-1. The van der Waals surface area contributed by atoms with Gasteiger partial charge in [0.25, 0.3) is 0 Å². The van der Waals surface area contributed by atoms with Crippen LogP contribution in [0.15, 0.2) is 35.2 Å². The van der Waals surface area contributed by atoms with Crippen molar-refractivity contribution in [2.75, 3.05) is 0 Å². The molecule has 2 aromatic rings. The van der Waals surface area contributed by atoms with Crippen molar-refractivity contribution in [2.24, 2.45) is 0 Å². The Bertz CT molecular complexity index is 1060. The van der Waals surface area contributed by atoms with E-state index in [0.717, 1.165) is 43.1 Å². The average molecular weight is 623 g/mol. The number of hydrogen-bond acceptors (Lipinski definition) is 3. The van der Waals surface area contributed by atoms with E-state index < -0.39 is 10.1 Å². The van der Waals surface area contributed by atoms with E-state index in [-0.39, 0.29) is 34.5 Å². The summed E-state index contributed by atoms with van der Waals surface area (Å²) in [6.45, 7) is 4.54. The Labute approximate surface area is 288 Å². The van der Waals surface area contributed by atoms with E-state index in [1.165, 1.54) is 140 Å². The second-order valence-corrected chi connectivity index (χ2v) is 14.2. The van der Waals surface area contributed by atoms with Crippen LogP contribution in [0.5, 0.6) is 0 Å². The van der Waals surface area contributed by atoms with Gasteiger partial charge in [-0.05, 0) is 53.6 Å². The van der Waals surface area contributed by atoms with Gasteiger partial charge < -0.3 is 4.55 Å². The van der Waals surface area contributed by atoms with Crippen LogP contribution in [0.3, 0.4) is 0 Å². The fourth-order valence-electron chi connectivity index (χ4n) is 6.29. The van der Waals surface area contributed by atoms with Crippen molar-refractivity contribution in [1.82, 2.24) is 0 Å². The molecule has 2 rings (SSSR count). The van der Waals surface area contributed by atoms with Crippen molar-refractivity contribution >= 4 is 20.9 Å². The molecule has 0 radical (unpaired) electrons. The quantitative estimate of drug-likeness (QED) is 0.0567. The summed E-state index contributed by atoms with van der Waals surface area (Å²) >= 11 is 0. The molecule has 0 N–H and O–H groups in total. The van der Waals surface area contributed by atoms with E-state index in [1.807, 2.05) is 12.1 Å². The van der Waals surface area contributed by atoms with Crippen LogP contribution in [0, 0.1) is 0 Å². The Morgan fingerprint density at radius 1 is 0.488 bits per heavy atom. The van der Waals surface area contributed by atoms with Gasteiger partial charge in [-0.2, -0.15) is 0 Å². The van der Waals surface area contributed by atoms with Crippen LogP contribution in [0.25, 0.3) is 10.8 Å². The summed E-state index contributed by atoms with van der Waals surface area (Å²) < 4.78 is 36.3. The summed E-state index contributed by atoms with van der Waals surface area (Å²) in [5, 5.41) is 1.47. The van der Waals surface area contributed by atoms with Crippen LogP contribution < -0.4 is 29.6 Å². The zero-order valence-corrected chi connectivity index (χ0v) is 31.2. The molecule has 0 saturated carbocycles. The van der Waals surface area contributed by atoms with E-state index in [9.17, 15) is 13.0 Å². The molecule has 2 aromatic carbocycles. The zero-order chi connectivity index (χ0) is 30.3. The topological polar surface area (TPSA) is 57.2 Å². The molecule has 0 bridgehead atoms. The van der Waals surface area contributed by atoms with Gasteiger partial charge in [-0.1, -0.05) is 179 Å². The maximum Gasteiger partial charge on any atom is 1.00 e. The van der Waals surface area contributed by atoms with Crippen molar-refractivity contribution in [2.45, 2.75) is 186 Å². The number of aryl methyl sites for hydroxylation is 2. The molecule has 240 valence electrons. The summed E-state index contributed by atoms with van der Waals surface area (Å²) in [7, 11) is -4.51. The van der Waals surface area contributed by atoms with E-state index in [2.05, 4.69) is 26.0 Å². The second kappa shape index (κ2) is 25.8. The number of unbranched alkanes of at least 4 members (excludes halogenated alkanes) is 22. The van der Waals surface area contributed by atoms with Crippen LogP contribution >= 0.6 is 0 Å². The molecule has 0 unspecified atom stereocenters. The average Bonchev–Trinajstić information content (AvgIpc) is 2.97. The third-order valence-electron chi connectivity index (χ3n) is 8.95. The maximum absolute atomic E-state index is 12.1. The Hall–Kier alpha value is -0.390. The molecule has 0 saturated heterocycles. The molecular weight excluding hydrogens is 559 g/mol. The van der Waals surface area contributed by atoms with Crippen LogP contribution in [0.4, 0.5) is 0 Å². The fourth-order valence-corrected chi connectivity index (χ4v) is 7.04.